The first-order valence-electron chi connectivity index (χ1n) is 7.67. The second kappa shape index (κ2) is 6.11. The van der Waals surface area contributed by atoms with Crippen LogP contribution >= 0.6 is 23.1 Å². The van der Waals surface area contributed by atoms with E-state index in [-0.39, 0.29) is 5.56 Å². The summed E-state index contributed by atoms with van der Waals surface area (Å²) in [5.41, 5.74) is 3.76. The second-order valence-corrected chi connectivity index (χ2v) is 8.24. The van der Waals surface area contributed by atoms with Crippen molar-refractivity contribution >= 4 is 23.1 Å². The number of benzene rings is 1. The van der Waals surface area contributed by atoms with Gasteiger partial charge in [0.2, 0.25) is 0 Å². The summed E-state index contributed by atoms with van der Waals surface area (Å²) in [6, 6.07) is 11.3. The van der Waals surface area contributed by atoms with Gasteiger partial charge in [0.15, 0.2) is 0 Å². The van der Waals surface area contributed by atoms with Crippen LogP contribution in [0.15, 0.2) is 45.4 Å². The molecule has 1 aliphatic heterocycles. The quantitative estimate of drug-likeness (QED) is 0.698. The molecule has 4 nitrogen and oxygen atoms in total. The molecule has 0 unspecified atom stereocenters. The molecule has 0 amide bonds. The van der Waals surface area contributed by atoms with Crippen molar-refractivity contribution < 1.29 is 4.74 Å². The number of thioether (sulfide) groups is 1. The molecule has 0 saturated carbocycles. The van der Waals surface area contributed by atoms with E-state index in [4.69, 9.17) is 9.84 Å². The Labute approximate surface area is 148 Å². The number of ether oxygens (including phenoxy) is 1. The summed E-state index contributed by atoms with van der Waals surface area (Å²) in [6.45, 7) is 2.11. The van der Waals surface area contributed by atoms with Gasteiger partial charge in [-0.05, 0) is 49.2 Å². The maximum absolute atomic E-state index is 12.5. The second-order valence-electron chi connectivity index (χ2n) is 5.62. The summed E-state index contributed by atoms with van der Waals surface area (Å²) < 4.78 is 7.95. The summed E-state index contributed by atoms with van der Waals surface area (Å²) >= 11 is 3.65. The monoisotopic (exact) mass is 356 g/mol. The van der Waals surface area contributed by atoms with Crippen molar-refractivity contribution in [3.8, 4) is 22.7 Å². The summed E-state index contributed by atoms with van der Waals surface area (Å²) in [7, 11) is 1.62. The smallest absolute Gasteiger partial charge is 0.271 e. The number of aromatic nitrogens is 2. The zero-order valence-electron chi connectivity index (χ0n) is 13.4. The average Bonchev–Trinajstić information content (AvgIpc) is 2.88. The highest BCUT2D eigenvalue weighted by atomic mass is 32.2. The van der Waals surface area contributed by atoms with E-state index in [1.54, 1.807) is 24.5 Å². The molecule has 2 aromatic heterocycles. The lowest BCUT2D eigenvalue weighted by molar-refractivity contribution is 0.414. The molecule has 0 spiro atoms. The summed E-state index contributed by atoms with van der Waals surface area (Å²) in [5.74, 6) is 1.74. The molecular formula is C18H16N2O2S2. The van der Waals surface area contributed by atoms with E-state index < -0.39 is 0 Å². The SMILES string of the molecule is COc1ccc(-n2nc3c(cc2=O)CCSc2sc(C)cc2-3)cc1. The molecule has 0 fully saturated rings. The Hall–Kier alpha value is -2.05. The van der Waals surface area contributed by atoms with Crippen LogP contribution in [0.25, 0.3) is 16.9 Å². The van der Waals surface area contributed by atoms with E-state index in [0.29, 0.717) is 0 Å². The van der Waals surface area contributed by atoms with Crippen LogP contribution in [0.4, 0.5) is 0 Å². The van der Waals surface area contributed by atoms with Crippen LogP contribution in [0.1, 0.15) is 10.4 Å². The first-order chi connectivity index (χ1) is 11.7. The maximum Gasteiger partial charge on any atom is 0.271 e. The van der Waals surface area contributed by atoms with Gasteiger partial charge in [-0.15, -0.1) is 23.1 Å². The molecule has 0 saturated heterocycles. The number of methoxy groups -OCH3 is 1. The van der Waals surface area contributed by atoms with Crippen molar-refractivity contribution in [3.05, 3.63) is 57.2 Å². The van der Waals surface area contributed by atoms with Crippen molar-refractivity contribution in [3.63, 3.8) is 0 Å². The van der Waals surface area contributed by atoms with Crippen molar-refractivity contribution in [2.24, 2.45) is 0 Å². The molecule has 1 aliphatic rings. The third kappa shape index (κ3) is 2.65. The number of thiophene rings is 1. The summed E-state index contributed by atoms with van der Waals surface area (Å²) in [4.78, 5) is 13.8. The Morgan fingerprint density at radius 2 is 2.00 bits per heavy atom. The number of nitrogens with zero attached hydrogens (tertiary/aromatic N) is 2. The van der Waals surface area contributed by atoms with E-state index in [1.165, 1.54) is 13.8 Å². The molecular weight excluding hydrogens is 340 g/mol. The van der Waals surface area contributed by atoms with E-state index in [2.05, 4.69) is 13.0 Å². The predicted octanol–water partition coefficient (Wildman–Crippen LogP) is 3.93. The minimum Gasteiger partial charge on any atom is -0.497 e. The van der Waals surface area contributed by atoms with Crippen molar-refractivity contribution in [1.29, 1.82) is 0 Å². The van der Waals surface area contributed by atoms with Gasteiger partial charge < -0.3 is 4.74 Å². The van der Waals surface area contributed by atoms with Crippen molar-refractivity contribution in [2.75, 3.05) is 12.9 Å². The summed E-state index contributed by atoms with van der Waals surface area (Å²) in [6.07, 6.45) is 0.867. The van der Waals surface area contributed by atoms with Crippen LogP contribution in [-0.2, 0) is 6.42 Å². The number of hydrogen-bond acceptors (Lipinski definition) is 5. The Morgan fingerprint density at radius 3 is 2.75 bits per heavy atom. The fourth-order valence-electron chi connectivity index (χ4n) is 2.84. The summed E-state index contributed by atoms with van der Waals surface area (Å²) in [5, 5.41) is 4.71. The largest absolute Gasteiger partial charge is 0.497 e. The Kier molecular flexibility index (Phi) is 3.94. The van der Waals surface area contributed by atoms with E-state index >= 15 is 0 Å². The molecule has 24 heavy (non-hydrogen) atoms. The highest BCUT2D eigenvalue weighted by Gasteiger charge is 2.20. The van der Waals surface area contributed by atoms with Crippen LogP contribution in [0.5, 0.6) is 5.75 Å². The number of hydrogen-bond donors (Lipinski definition) is 0. The van der Waals surface area contributed by atoms with Gasteiger partial charge in [0.1, 0.15) is 5.75 Å². The van der Waals surface area contributed by atoms with Gasteiger partial charge in [-0.2, -0.15) is 9.78 Å². The lowest BCUT2D eigenvalue weighted by atomic mass is 10.1. The number of rotatable bonds is 2. The molecule has 0 aliphatic carbocycles. The standard InChI is InChI=1S/C18H16N2O2S2/c1-11-9-15-17-12(7-8-23-18(15)24-11)10-16(21)20(19-17)13-3-5-14(22-2)6-4-13/h3-6,9-10H,7-8H2,1-2H3. The fourth-order valence-corrected chi connectivity index (χ4v) is 5.27. The molecule has 3 heterocycles. The first kappa shape index (κ1) is 15.5. The highest BCUT2D eigenvalue weighted by Crippen LogP contribution is 2.41. The third-order valence-corrected chi connectivity index (χ3v) is 6.35. The van der Waals surface area contributed by atoms with Crippen LogP contribution < -0.4 is 10.3 Å². The molecule has 122 valence electrons. The number of fused-ring (bicyclic) bond motifs is 3. The zero-order valence-corrected chi connectivity index (χ0v) is 15.0. The van der Waals surface area contributed by atoms with Crippen molar-refractivity contribution in [1.82, 2.24) is 9.78 Å². The predicted molar refractivity (Wildman–Crippen MR) is 98.9 cm³/mol. The van der Waals surface area contributed by atoms with E-state index in [1.807, 2.05) is 36.0 Å². The molecule has 6 heteroatoms. The molecule has 0 radical (unpaired) electrons. The Balaban J connectivity index is 1.90. The van der Waals surface area contributed by atoms with E-state index in [0.717, 1.165) is 40.4 Å². The molecule has 4 rings (SSSR count). The lowest BCUT2D eigenvalue weighted by Crippen LogP contribution is -2.22. The van der Waals surface area contributed by atoms with Gasteiger partial charge in [0.25, 0.3) is 5.56 Å². The van der Waals surface area contributed by atoms with Gasteiger partial charge in [0, 0.05) is 22.3 Å². The van der Waals surface area contributed by atoms with Crippen LogP contribution in [-0.4, -0.2) is 22.6 Å². The number of aryl methyl sites for hydroxylation is 2. The fraction of sp³-hybridized carbons (Fsp3) is 0.222. The normalized spacial score (nSPS) is 13.1. The van der Waals surface area contributed by atoms with Crippen LogP contribution in [0, 0.1) is 6.92 Å². The Bertz CT molecular complexity index is 958. The molecule has 3 aromatic rings. The topological polar surface area (TPSA) is 44.1 Å². The van der Waals surface area contributed by atoms with Gasteiger partial charge in [-0.1, -0.05) is 0 Å². The van der Waals surface area contributed by atoms with Gasteiger partial charge in [-0.3, -0.25) is 4.79 Å². The average molecular weight is 356 g/mol. The van der Waals surface area contributed by atoms with Crippen LogP contribution in [0.2, 0.25) is 0 Å². The maximum atomic E-state index is 12.5. The lowest BCUT2D eigenvalue weighted by Gasteiger charge is -2.10. The molecule has 0 atom stereocenters. The first-order valence-corrected chi connectivity index (χ1v) is 9.47. The van der Waals surface area contributed by atoms with Gasteiger partial charge in [0.05, 0.1) is 22.7 Å². The van der Waals surface area contributed by atoms with Gasteiger partial charge >= 0.3 is 0 Å². The van der Waals surface area contributed by atoms with Gasteiger partial charge in [-0.25, -0.2) is 0 Å². The van der Waals surface area contributed by atoms with Crippen molar-refractivity contribution in [2.45, 2.75) is 17.6 Å². The molecule has 0 N–H and O–H groups in total. The van der Waals surface area contributed by atoms with Crippen LogP contribution in [0.3, 0.4) is 0 Å². The minimum absolute atomic E-state index is 0.0979. The Morgan fingerprint density at radius 1 is 1.21 bits per heavy atom. The highest BCUT2D eigenvalue weighted by molar-refractivity contribution is 8.01. The molecule has 1 aromatic carbocycles. The minimum atomic E-state index is -0.0979. The van der Waals surface area contributed by atoms with E-state index in [9.17, 15) is 4.79 Å². The molecule has 0 bridgehead atoms. The zero-order chi connectivity index (χ0) is 16.7. The third-order valence-electron chi connectivity index (χ3n) is 4.01.